The van der Waals surface area contributed by atoms with E-state index in [9.17, 15) is 4.79 Å². The van der Waals surface area contributed by atoms with Gasteiger partial charge in [0, 0.05) is 32.2 Å². The van der Waals surface area contributed by atoms with Crippen LogP contribution >= 0.6 is 0 Å². The molecule has 132 valence electrons. The summed E-state index contributed by atoms with van der Waals surface area (Å²) in [6, 6.07) is 21.1. The van der Waals surface area contributed by atoms with Gasteiger partial charge >= 0.3 is 0 Å². The van der Waals surface area contributed by atoms with Gasteiger partial charge in [-0.25, -0.2) is 0 Å². The standard InChI is InChI=1S/C22H28N2O/c1-2-24(22(25)17-19-9-5-3-6-10-19)21-13-15-23(16-14-21)18-20-11-7-4-8-12-20/h3-12,21H,2,13-18H2,1H3. The summed E-state index contributed by atoms with van der Waals surface area (Å²) in [5, 5.41) is 0. The number of benzene rings is 2. The fraction of sp³-hybridized carbons (Fsp3) is 0.409. The molecule has 0 bridgehead atoms. The molecule has 3 rings (SSSR count). The summed E-state index contributed by atoms with van der Waals surface area (Å²) in [7, 11) is 0. The number of carbonyl (C=O) groups is 1. The maximum atomic E-state index is 12.7. The molecule has 0 unspecified atom stereocenters. The minimum Gasteiger partial charge on any atom is -0.340 e. The first-order valence-corrected chi connectivity index (χ1v) is 9.36. The highest BCUT2D eigenvalue weighted by Crippen LogP contribution is 2.19. The first-order valence-electron chi connectivity index (χ1n) is 9.36. The Hall–Kier alpha value is -2.13. The molecule has 2 aromatic carbocycles. The highest BCUT2D eigenvalue weighted by molar-refractivity contribution is 5.79. The number of nitrogens with zero attached hydrogens (tertiary/aromatic N) is 2. The molecule has 0 saturated carbocycles. The van der Waals surface area contributed by atoms with Gasteiger partial charge < -0.3 is 4.90 Å². The number of likely N-dealkylation sites (N-methyl/N-ethyl adjacent to an activating group) is 1. The van der Waals surface area contributed by atoms with Crippen molar-refractivity contribution in [2.24, 2.45) is 0 Å². The number of hydrogen-bond acceptors (Lipinski definition) is 2. The Kier molecular flexibility index (Phi) is 6.24. The van der Waals surface area contributed by atoms with Gasteiger partial charge in [-0.3, -0.25) is 9.69 Å². The zero-order chi connectivity index (χ0) is 17.5. The molecular weight excluding hydrogens is 308 g/mol. The van der Waals surface area contributed by atoms with E-state index in [1.54, 1.807) is 0 Å². The minimum absolute atomic E-state index is 0.259. The van der Waals surface area contributed by atoms with Gasteiger partial charge in [-0.2, -0.15) is 0 Å². The van der Waals surface area contributed by atoms with Crippen LogP contribution in [0.1, 0.15) is 30.9 Å². The van der Waals surface area contributed by atoms with Crippen LogP contribution in [0.4, 0.5) is 0 Å². The molecule has 1 aliphatic rings. The van der Waals surface area contributed by atoms with Crippen molar-refractivity contribution < 1.29 is 4.79 Å². The van der Waals surface area contributed by atoms with E-state index in [1.165, 1.54) is 5.56 Å². The van der Waals surface area contributed by atoms with Gasteiger partial charge in [0.15, 0.2) is 0 Å². The van der Waals surface area contributed by atoms with Crippen molar-refractivity contribution in [3.8, 4) is 0 Å². The van der Waals surface area contributed by atoms with E-state index in [0.717, 1.165) is 44.6 Å². The first kappa shape index (κ1) is 17.7. The highest BCUT2D eigenvalue weighted by Gasteiger charge is 2.26. The Morgan fingerprint density at radius 1 is 0.960 bits per heavy atom. The van der Waals surface area contributed by atoms with E-state index < -0.39 is 0 Å². The molecule has 2 aromatic rings. The van der Waals surface area contributed by atoms with Crippen molar-refractivity contribution in [1.29, 1.82) is 0 Å². The number of hydrogen-bond donors (Lipinski definition) is 0. The van der Waals surface area contributed by atoms with Crippen LogP contribution in [-0.4, -0.2) is 41.4 Å². The summed E-state index contributed by atoms with van der Waals surface area (Å²) in [5.74, 6) is 0.259. The van der Waals surface area contributed by atoms with Crippen LogP contribution < -0.4 is 0 Å². The predicted molar refractivity (Wildman–Crippen MR) is 102 cm³/mol. The van der Waals surface area contributed by atoms with Crippen molar-refractivity contribution in [3.63, 3.8) is 0 Å². The fourth-order valence-electron chi connectivity index (χ4n) is 3.74. The van der Waals surface area contributed by atoms with Gasteiger partial charge in [-0.15, -0.1) is 0 Å². The van der Waals surface area contributed by atoms with Gasteiger partial charge in [0.05, 0.1) is 6.42 Å². The summed E-state index contributed by atoms with van der Waals surface area (Å²) in [6.07, 6.45) is 2.65. The molecule has 0 aliphatic carbocycles. The lowest BCUT2D eigenvalue weighted by Gasteiger charge is -2.38. The van der Waals surface area contributed by atoms with Crippen LogP contribution in [0.3, 0.4) is 0 Å². The van der Waals surface area contributed by atoms with Crippen molar-refractivity contribution in [1.82, 2.24) is 9.80 Å². The highest BCUT2D eigenvalue weighted by atomic mass is 16.2. The average molecular weight is 336 g/mol. The van der Waals surface area contributed by atoms with E-state index in [-0.39, 0.29) is 5.91 Å². The maximum absolute atomic E-state index is 12.7. The summed E-state index contributed by atoms with van der Waals surface area (Å²) in [5.41, 5.74) is 2.47. The quantitative estimate of drug-likeness (QED) is 0.802. The van der Waals surface area contributed by atoms with Crippen LogP contribution in [0, 0.1) is 0 Å². The number of carbonyl (C=O) groups excluding carboxylic acids is 1. The SMILES string of the molecule is CCN(C(=O)Cc1ccccc1)C1CCN(Cc2ccccc2)CC1. The fourth-order valence-corrected chi connectivity index (χ4v) is 3.74. The topological polar surface area (TPSA) is 23.6 Å². The number of piperidine rings is 1. The molecule has 1 amide bonds. The lowest BCUT2D eigenvalue weighted by Crippen LogP contribution is -2.47. The Balaban J connectivity index is 1.52. The van der Waals surface area contributed by atoms with E-state index in [1.807, 2.05) is 30.3 Å². The number of likely N-dealkylation sites (tertiary alicyclic amines) is 1. The summed E-state index contributed by atoms with van der Waals surface area (Å²) >= 11 is 0. The molecule has 0 radical (unpaired) electrons. The average Bonchev–Trinajstić information content (AvgIpc) is 2.65. The third-order valence-electron chi connectivity index (χ3n) is 5.11. The lowest BCUT2D eigenvalue weighted by molar-refractivity contribution is -0.133. The second-order valence-electron chi connectivity index (χ2n) is 6.84. The maximum Gasteiger partial charge on any atom is 0.227 e. The van der Waals surface area contributed by atoms with Crippen LogP contribution in [0.25, 0.3) is 0 Å². The van der Waals surface area contributed by atoms with Crippen molar-refractivity contribution in [2.45, 2.75) is 38.8 Å². The second kappa shape index (κ2) is 8.82. The molecule has 0 aromatic heterocycles. The normalized spacial score (nSPS) is 15.9. The zero-order valence-corrected chi connectivity index (χ0v) is 15.1. The molecular formula is C22H28N2O. The van der Waals surface area contributed by atoms with Gasteiger partial charge in [0.1, 0.15) is 0 Å². The van der Waals surface area contributed by atoms with Crippen molar-refractivity contribution in [3.05, 3.63) is 71.8 Å². The van der Waals surface area contributed by atoms with Gasteiger partial charge in [0.2, 0.25) is 5.91 Å². The first-order chi connectivity index (χ1) is 12.3. The van der Waals surface area contributed by atoms with Crippen molar-refractivity contribution in [2.75, 3.05) is 19.6 Å². The smallest absolute Gasteiger partial charge is 0.227 e. The number of rotatable bonds is 6. The Labute approximate surface area is 151 Å². The molecule has 1 aliphatic heterocycles. The molecule has 0 spiro atoms. The van der Waals surface area contributed by atoms with E-state index in [0.29, 0.717) is 12.5 Å². The van der Waals surface area contributed by atoms with E-state index >= 15 is 0 Å². The molecule has 1 saturated heterocycles. The van der Waals surface area contributed by atoms with Gasteiger partial charge in [-0.05, 0) is 30.9 Å². The summed E-state index contributed by atoms with van der Waals surface area (Å²) in [6.45, 7) is 6.04. The molecule has 1 fully saturated rings. The summed E-state index contributed by atoms with van der Waals surface area (Å²) in [4.78, 5) is 17.3. The van der Waals surface area contributed by atoms with E-state index in [2.05, 4.69) is 47.1 Å². The van der Waals surface area contributed by atoms with Crippen LogP contribution in [0.15, 0.2) is 60.7 Å². The molecule has 1 heterocycles. The monoisotopic (exact) mass is 336 g/mol. The minimum atomic E-state index is 0.259. The molecule has 3 heteroatoms. The summed E-state index contributed by atoms with van der Waals surface area (Å²) < 4.78 is 0. The predicted octanol–water partition coefficient (Wildman–Crippen LogP) is 3.74. The second-order valence-corrected chi connectivity index (χ2v) is 6.84. The Bertz CT molecular complexity index is 648. The van der Waals surface area contributed by atoms with Crippen LogP contribution in [-0.2, 0) is 17.8 Å². The zero-order valence-electron chi connectivity index (χ0n) is 15.1. The Morgan fingerprint density at radius 2 is 1.52 bits per heavy atom. The molecule has 25 heavy (non-hydrogen) atoms. The molecule has 3 nitrogen and oxygen atoms in total. The molecule has 0 atom stereocenters. The van der Waals surface area contributed by atoms with Crippen molar-refractivity contribution >= 4 is 5.91 Å². The van der Waals surface area contributed by atoms with Gasteiger partial charge in [0.25, 0.3) is 0 Å². The number of amides is 1. The molecule has 0 N–H and O–H groups in total. The lowest BCUT2D eigenvalue weighted by atomic mass is 10.0. The third kappa shape index (κ3) is 4.93. The largest absolute Gasteiger partial charge is 0.340 e. The Morgan fingerprint density at radius 3 is 2.08 bits per heavy atom. The van der Waals surface area contributed by atoms with Crippen LogP contribution in [0.2, 0.25) is 0 Å². The van der Waals surface area contributed by atoms with Crippen LogP contribution in [0.5, 0.6) is 0 Å². The third-order valence-corrected chi connectivity index (χ3v) is 5.11. The van der Waals surface area contributed by atoms with Gasteiger partial charge in [-0.1, -0.05) is 60.7 Å². The van der Waals surface area contributed by atoms with E-state index in [4.69, 9.17) is 0 Å².